The molecule has 0 fully saturated rings. The molecule has 10 rings (SSSR count). The second-order valence-corrected chi connectivity index (χ2v) is 13.1. The number of benzene rings is 8. The molecule has 0 bridgehead atoms. The predicted octanol–water partition coefficient (Wildman–Crippen LogP) is 13.8. The van der Waals surface area contributed by atoms with E-state index in [4.69, 9.17) is 9.40 Å². The summed E-state index contributed by atoms with van der Waals surface area (Å²) in [5.74, 6) is 0. The van der Waals surface area contributed by atoms with Gasteiger partial charge >= 0.3 is 0 Å². The topological polar surface area (TPSA) is 29.3 Å². The van der Waals surface area contributed by atoms with Crippen molar-refractivity contribution >= 4 is 60.7 Å². The van der Waals surface area contributed by atoms with E-state index < -0.39 is 0 Å². The van der Waals surface area contributed by atoms with Gasteiger partial charge in [0.2, 0.25) is 0 Å². The van der Waals surface area contributed by atoms with Crippen molar-refractivity contribution in [2.24, 2.45) is 0 Å². The molecule has 0 saturated carbocycles. The Kier molecular flexibility index (Phi) is 7.14. The first-order valence-electron chi connectivity index (χ1n) is 17.6. The van der Waals surface area contributed by atoms with Gasteiger partial charge in [-0.2, -0.15) is 0 Å². The van der Waals surface area contributed by atoms with Gasteiger partial charge in [0.1, 0.15) is 11.1 Å². The van der Waals surface area contributed by atoms with Crippen molar-refractivity contribution in [1.82, 2.24) is 4.98 Å². The van der Waals surface area contributed by atoms with Crippen LogP contribution in [0.1, 0.15) is 0 Å². The van der Waals surface area contributed by atoms with Crippen LogP contribution in [0, 0.1) is 0 Å². The van der Waals surface area contributed by atoms with E-state index in [0.717, 1.165) is 56.0 Å². The van der Waals surface area contributed by atoms with E-state index in [1.807, 2.05) is 30.3 Å². The fourth-order valence-corrected chi connectivity index (χ4v) is 7.57. The zero-order valence-electron chi connectivity index (χ0n) is 28.3. The van der Waals surface area contributed by atoms with E-state index in [-0.39, 0.29) is 0 Å². The smallest absolute Gasteiger partial charge is 0.153 e. The van der Waals surface area contributed by atoms with E-state index >= 15 is 0 Å². The van der Waals surface area contributed by atoms with Crippen LogP contribution in [-0.4, -0.2) is 4.98 Å². The normalized spacial score (nSPS) is 11.5. The van der Waals surface area contributed by atoms with E-state index in [2.05, 4.69) is 169 Å². The number of anilines is 3. The molecule has 0 aliphatic heterocycles. The molecule has 52 heavy (non-hydrogen) atoms. The van der Waals surface area contributed by atoms with Crippen molar-refractivity contribution in [2.75, 3.05) is 4.90 Å². The zero-order chi connectivity index (χ0) is 34.4. The minimum atomic E-state index is 0.797. The van der Waals surface area contributed by atoms with E-state index in [0.29, 0.717) is 0 Å². The van der Waals surface area contributed by atoms with Crippen molar-refractivity contribution in [1.29, 1.82) is 0 Å². The summed E-state index contributed by atoms with van der Waals surface area (Å²) in [6, 6.07) is 68.8. The van der Waals surface area contributed by atoms with Crippen LogP contribution in [0.25, 0.3) is 77.1 Å². The predicted molar refractivity (Wildman–Crippen MR) is 218 cm³/mol. The van der Waals surface area contributed by atoms with Crippen molar-refractivity contribution in [3.8, 4) is 33.5 Å². The average Bonchev–Trinajstić information content (AvgIpc) is 3.60. The number of hydrogen-bond acceptors (Lipinski definition) is 3. The van der Waals surface area contributed by atoms with Gasteiger partial charge in [0.25, 0.3) is 0 Å². The van der Waals surface area contributed by atoms with Gasteiger partial charge in [0.05, 0.1) is 11.4 Å². The van der Waals surface area contributed by atoms with E-state index in [9.17, 15) is 0 Å². The van der Waals surface area contributed by atoms with Crippen molar-refractivity contribution in [3.05, 3.63) is 194 Å². The summed E-state index contributed by atoms with van der Waals surface area (Å²) in [7, 11) is 0. The molecule has 0 saturated heterocycles. The first-order chi connectivity index (χ1) is 25.8. The Morgan fingerprint density at radius 2 is 0.981 bits per heavy atom. The maximum absolute atomic E-state index is 6.05. The molecule has 0 amide bonds. The summed E-state index contributed by atoms with van der Waals surface area (Å²) in [4.78, 5) is 7.41. The molecule has 3 nitrogen and oxygen atoms in total. The Morgan fingerprint density at radius 1 is 0.385 bits per heavy atom. The Balaban J connectivity index is 1.09. The van der Waals surface area contributed by atoms with Crippen LogP contribution < -0.4 is 4.90 Å². The van der Waals surface area contributed by atoms with Crippen LogP contribution in [0.15, 0.2) is 199 Å². The number of rotatable bonds is 6. The highest BCUT2D eigenvalue weighted by Crippen LogP contribution is 2.43. The third-order valence-corrected chi connectivity index (χ3v) is 10.1. The van der Waals surface area contributed by atoms with Crippen molar-refractivity contribution in [3.63, 3.8) is 0 Å². The molecule has 0 radical (unpaired) electrons. The molecule has 0 unspecified atom stereocenters. The van der Waals surface area contributed by atoms with Gasteiger partial charge < -0.3 is 9.32 Å². The van der Waals surface area contributed by atoms with Crippen LogP contribution in [-0.2, 0) is 0 Å². The van der Waals surface area contributed by atoms with Gasteiger partial charge in [-0.15, -0.1) is 0 Å². The number of para-hydroxylation sites is 2. The number of furan rings is 1. The molecule has 0 atom stereocenters. The third kappa shape index (κ3) is 5.10. The number of pyridine rings is 1. The second kappa shape index (κ2) is 12.4. The van der Waals surface area contributed by atoms with Crippen molar-refractivity contribution < 1.29 is 4.42 Å². The second-order valence-electron chi connectivity index (χ2n) is 13.1. The lowest BCUT2D eigenvalue weighted by Gasteiger charge is -2.28. The summed E-state index contributed by atoms with van der Waals surface area (Å²) in [5, 5.41) is 6.07. The molecule has 3 heteroatoms. The van der Waals surface area contributed by atoms with Gasteiger partial charge in [0.15, 0.2) is 5.58 Å². The maximum atomic E-state index is 6.05. The Hall–Kier alpha value is -6.97. The highest BCUT2D eigenvalue weighted by atomic mass is 16.3. The lowest BCUT2D eigenvalue weighted by atomic mass is 9.93. The molecule has 2 heterocycles. The van der Waals surface area contributed by atoms with Gasteiger partial charge in [-0.3, -0.25) is 0 Å². The summed E-state index contributed by atoms with van der Waals surface area (Å²) in [6.07, 6.45) is 0. The molecular formula is C49H32N2O. The summed E-state index contributed by atoms with van der Waals surface area (Å²) >= 11 is 0. The van der Waals surface area contributed by atoms with Crippen LogP contribution in [0.5, 0.6) is 0 Å². The van der Waals surface area contributed by atoms with Crippen LogP contribution in [0.4, 0.5) is 17.1 Å². The molecule has 8 aromatic carbocycles. The first-order valence-corrected chi connectivity index (χ1v) is 17.6. The average molecular weight is 665 g/mol. The lowest BCUT2D eigenvalue weighted by Crippen LogP contribution is -2.11. The van der Waals surface area contributed by atoms with Crippen LogP contribution in [0.2, 0.25) is 0 Å². The van der Waals surface area contributed by atoms with E-state index in [1.54, 1.807) is 0 Å². The minimum Gasteiger partial charge on any atom is -0.454 e. The Bertz CT molecular complexity index is 2890. The van der Waals surface area contributed by atoms with Gasteiger partial charge in [-0.25, -0.2) is 4.98 Å². The number of fused-ring (bicyclic) bond motifs is 6. The molecule has 0 aliphatic carbocycles. The van der Waals surface area contributed by atoms with Crippen molar-refractivity contribution in [2.45, 2.75) is 0 Å². The third-order valence-electron chi connectivity index (χ3n) is 10.1. The SMILES string of the molecule is c1ccc(-c2ccccc2N(c2ccc(-c3ccc4oc5ccccc5c4n3)cc2)c2ccc(-c3cc4ccccc4c4ccccc34)cc2)cc1. The van der Waals surface area contributed by atoms with Gasteiger partial charge in [0, 0.05) is 27.9 Å². The highest BCUT2D eigenvalue weighted by molar-refractivity contribution is 6.13. The first kappa shape index (κ1) is 29.9. The standard InChI is InChI=1S/C49H32N2O/c1-2-12-33(13-3-1)40-16-8-10-20-46(40)51(38-28-24-35(25-29-38)45-30-31-48-49(50-45)43-19-9-11-21-47(43)52-48)37-26-22-34(23-27-37)44-32-36-14-4-5-15-39(36)41-17-6-7-18-42(41)44/h1-32H. The fraction of sp³-hybridized carbons (Fsp3) is 0. The molecule has 0 N–H and O–H groups in total. The molecule has 244 valence electrons. The molecule has 0 spiro atoms. The quantitative estimate of drug-likeness (QED) is 0.166. The molecular weight excluding hydrogens is 633 g/mol. The summed E-state index contributed by atoms with van der Waals surface area (Å²) < 4.78 is 6.05. The zero-order valence-corrected chi connectivity index (χ0v) is 28.3. The molecule has 10 aromatic rings. The highest BCUT2D eigenvalue weighted by Gasteiger charge is 2.18. The number of hydrogen-bond donors (Lipinski definition) is 0. The van der Waals surface area contributed by atoms with Crippen LogP contribution >= 0.6 is 0 Å². The fourth-order valence-electron chi connectivity index (χ4n) is 7.57. The maximum Gasteiger partial charge on any atom is 0.153 e. The molecule has 0 aliphatic rings. The number of nitrogens with zero attached hydrogens (tertiary/aromatic N) is 2. The monoisotopic (exact) mass is 664 g/mol. The Morgan fingerprint density at radius 3 is 1.77 bits per heavy atom. The molecule has 2 aromatic heterocycles. The van der Waals surface area contributed by atoms with Gasteiger partial charge in [-0.05, 0) is 98.9 Å². The van der Waals surface area contributed by atoms with Crippen LogP contribution in [0.3, 0.4) is 0 Å². The minimum absolute atomic E-state index is 0.797. The Labute approximate surface area is 301 Å². The lowest BCUT2D eigenvalue weighted by molar-refractivity contribution is 0.668. The van der Waals surface area contributed by atoms with E-state index in [1.165, 1.54) is 38.2 Å². The summed E-state index contributed by atoms with van der Waals surface area (Å²) in [6.45, 7) is 0. The number of aromatic nitrogens is 1. The largest absolute Gasteiger partial charge is 0.454 e. The van der Waals surface area contributed by atoms with Gasteiger partial charge in [-0.1, -0.05) is 133 Å². The summed E-state index contributed by atoms with van der Waals surface area (Å²) in [5.41, 5.74) is 12.5.